The predicted molar refractivity (Wildman–Crippen MR) is 143 cm³/mol. The number of amidine groups is 1. The van der Waals surface area contributed by atoms with Crippen LogP contribution in [0, 0.1) is 0 Å². The van der Waals surface area contributed by atoms with Crippen LogP contribution < -0.4 is 10.2 Å². The maximum absolute atomic E-state index is 13.5. The van der Waals surface area contributed by atoms with Crippen molar-refractivity contribution in [2.75, 3.05) is 16.4 Å². The van der Waals surface area contributed by atoms with E-state index in [2.05, 4.69) is 10.3 Å². The molecule has 0 aromatic heterocycles. The predicted octanol–water partition coefficient (Wildman–Crippen LogP) is 4.08. The maximum Gasteiger partial charge on any atom is 0.408 e. The fraction of sp³-hybridized carbons (Fsp3) is 0.400. The van der Waals surface area contributed by atoms with Gasteiger partial charge in [-0.15, -0.1) is 0 Å². The molecule has 11 heteroatoms. The van der Waals surface area contributed by atoms with Gasteiger partial charge in [0.1, 0.15) is 11.6 Å². The van der Waals surface area contributed by atoms with Crippen molar-refractivity contribution in [3.05, 3.63) is 65.2 Å². The molecule has 36 heavy (non-hydrogen) atoms. The van der Waals surface area contributed by atoms with Crippen LogP contribution in [0.2, 0.25) is 5.02 Å². The van der Waals surface area contributed by atoms with E-state index in [1.807, 2.05) is 30.3 Å². The standard InChI is InChI=1S/C25H28ClN3O5S2/c1-25(2,3)34-24(31)27-19(12-16-8-5-4-6-9-16)22(30)28-23-29(18-11-7-10-17(26)13-18)20-14-36(32,33)15-21(20)35-23/h4-11,13,19-21H,12,14-15H2,1-3H3,(H,27,31)/t19-,20+,21-/m0/s1. The number of rotatable bonds is 5. The number of hydrogen-bond acceptors (Lipinski definition) is 6. The number of ether oxygens (including phenoxy) is 1. The second-order valence-electron chi connectivity index (χ2n) is 9.77. The molecule has 3 atom stereocenters. The summed E-state index contributed by atoms with van der Waals surface area (Å²) in [6.07, 6.45) is -0.496. The van der Waals surface area contributed by atoms with E-state index in [0.717, 1.165) is 5.56 Å². The molecule has 2 fully saturated rings. The number of alkyl carbamates (subject to hydrolysis) is 1. The molecule has 192 valence electrons. The van der Waals surface area contributed by atoms with Crippen LogP contribution in [0.25, 0.3) is 0 Å². The van der Waals surface area contributed by atoms with E-state index in [1.54, 1.807) is 49.9 Å². The summed E-state index contributed by atoms with van der Waals surface area (Å²) in [6.45, 7) is 5.23. The number of thioether (sulfide) groups is 1. The van der Waals surface area contributed by atoms with Gasteiger partial charge in [-0.25, -0.2) is 13.2 Å². The summed E-state index contributed by atoms with van der Waals surface area (Å²) < 4.78 is 30.0. The Morgan fingerprint density at radius 1 is 1.17 bits per heavy atom. The molecule has 0 spiro atoms. The van der Waals surface area contributed by atoms with Crippen LogP contribution in [-0.4, -0.2) is 60.0 Å². The van der Waals surface area contributed by atoms with Crippen molar-refractivity contribution in [3.8, 4) is 0 Å². The minimum Gasteiger partial charge on any atom is -0.444 e. The summed E-state index contributed by atoms with van der Waals surface area (Å²) in [7, 11) is -3.21. The lowest BCUT2D eigenvalue weighted by Crippen LogP contribution is -2.45. The highest BCUT2D eigenvalue weighted by atomic mass is 35.5. The molecule has 0 unspecified atom stereocenters. The number of amides is 2. The van der Waals surface area contributed by atoms with Gasteiger partial charge in [0.25, 0.3) is 5.91 Å². The molecule has 2 aliphatic rings. The molecule has 0 bridgehead atoms. The number of anilines is 1. The summed E-state index contributed by atoms with van der Waals surface area (Å²) in [5, 5.41) is 3.28. The highest BCUT2D eigenvalue weighted by Crippen LogP contribution is 2.41. The minimum absolute atomic E-state index is 0.0101. The van der Waals surface area contributed by atoms with E-state index < -0.39 is 33.5 Å². The second-order valence-corrected chi connectivity index (χ2v) is 13.6. The maximum atomic E-state index is 13.5. The fourth-order valence-corrected chi connectivity index (χ4v) is 8.27. The van der Waals surface area contributed by atoms with Gasteiger partial charge in [0, 0.05) is 22.4 Å². The summed E-state index contributed by atoms with van der Waals surface area (Å²) in [5.74, 6) is -0.577. The Labute approximate surface area is 220 Å². The molecular weight excluding hydrogens is 522 g/mol. The Bertz CT molecular complexity index is 1280. The molecule has 2 amide bonds. The van der Waals surface area contributed by atoms with Gasteiger partial charge >= 0.3 is 6.09 Å². The van der Waals surface area contributed by atoms with Gasteiger partial charge in [0.05, 0.1) is 17.5 Å². The SMILES string of the molecule is CC(C)(C)OC(=O)N[C@@H](Cc1ccccc1)C(=O)N=C1S[C@H]2CS(=O)(=O)C[C@H]2N1c1cccc(Cl)c1. The number of hydrogen-bond donors (Lipinski definition) is 1. The molecular formula is C25H28ClN3O5S2. The molecule has 1 N–H and O–H groups in total. The first-order valence-corrected chi connectivity index (χ1v) is 14.6. The average Bonchev–Trinajstić information content (AvgIpc) is 3.23. The number of carbonyl (C=O) groups is 2. The molecule has 0 aliphatic carbocycles. The molecule has 2 aromatic rings. The monoisotopic (exact) mass is 549 g/mol. The van der Waals surface area contributed by atoms with E-state index in [4.69, 9.17) is 16.3 Å². The molecule has 4 rings (SSSR count). The smallest absolute Gasteiger partial charge is 0.408 e. The summed E-state index contributed by atoms with van der Waals surface area (Å²) >= 11 is 7.47. The number of nitrogens with one attached hydrogen (secondary N) is 1. The molecule has 2 heterocycles. The lowest BCUT2D eigenvalue weighted by atomic mass is 10.1. The molecule has 8 nitrogen and oxygen atoms in total. The Hall–Kier alpha value is -2.56. The van der Waals surface area contributed by atoms with Crippen LogP contribution >= 0.6 is 23.4 Å². The molecule has 2 aliphatic heterocycles. The van der Waals surface area contributed by atoms with Gasteiger partial charge < -0.3 is 15.0 Å². The molecule has 0 saturated carbocycles. The van der Waals surface area contributed by atoms with Crippen molar-refractivity contribution in [2.45, 2.75) is 50.1 Å². The van der Waals surface area contributed by atoms with Crippen molar-refractivity contribution >= 4 is 56.1 Å². The Kier molecular flexibility index (Phi) is 7.68. The third-order valence-corrected chi connectivity index (χ3v) is 9.08. The number of nitrogens with zero attached hydrogens (tertiary/aromatic N) is 2. The Balaban J connectivity index is 1.65. The number of fused-ring (bicyclic) bond motifs is 1. The van der Waals surface area contributed by atoms with Crippen molar-refractivity contribution < 1.29 is 22.7 Å². The van der Waals surface area contributed by atoms with Crippen molar-refractivity contribution in [2.24, 2.45) is 4.99 Å². The third-order valence-electron chi connectivity index (χ3n) is 5.63. The Morgan fingerprint density at radius 2 is 1.89 bits per heavy atom. The zero-order chi connectivity index (χ0) is 26.1. The largest absolute Gasteiger partial charge is 0.444 e. The van der Waals surface area contributed by atoms with Crippen LogP contribution in [0.1, 0.15) is 26.3 Å². The van der Waals surface area contributed by atoms with Gasteiger partial charge in [-0.3, -0.25) is 4.79 Å². The number of carbonyl (C=O) groups excluding carboxylic acids is 2. The van der Waals surface area contributed by atoms with Gasteiger partial charge in [-0.05, 0) is 44.5 Å². The van der Waals surface area contributed by atoms with E-state index >= 15 is 0 Å². The number of benzene rings is 2. The van der Waals surface area contributed by atoms with Gasteiger partial charge in [0.15, 0.2) is 15.0 Å². The fourth-order valence-electron chi connectivity index (χ4n) is 4.16. The highest BCUT2D eigenvalue weighted by molar-refractivity contribution is 8.16. The molecule has 2 aromatic carbocycles. The van der Waals surface area contributed by atoms with E-state index in [9.17, 15) is 18.0 Å². The summed E-state index contributed by atoms with van der Waals surface area (Å²) in [5.41, 5.74) is 0.774. The van der Waals surface area contributed by atoms with Crippen LogP contribution in [-0.2, 0) is 25.8 Å². The van der Waals surface area contributed by atoms with E-state index in [1.165, 1.54) is 11.8 Å². The molecule has 0 radical (unpaired) electrons. The molecule has 2 saturated heterocycles. The van der Waals surface area contributed by atoms with E-state index in [0.29, 0.717) is 15.9 Å². The second kappa shape index (κ2) is 10.4. The highest BCUT2D eigenvalue weighted by Gasteiger charge is 2.49. The van der Waals surface area contributed by atoms with Crippen LogP contribution in [0.4, 0.5) is 10.5 Å². The lowest BCUT2D eigenvalue weighted by Gasteiger charge is -2.25. The van der Waals surface area contributed by atoms with Crippen molar-refractivity contribution in [1.82, 2.24) is 5.32 Å². The first-order valence-electron chi connectivity index (χ1n) is 11.5. The summed E-state index contributed by atoms with van der Waals surface area (Å²) in [4.78, 5) is 32.2. The zero-order valence-corrected chi connectivity index (χ0v) is 22.6. The van der Waals surface area contributed by atoms with Crippen LogP contribution in [0.15, 0.2) is 59.6 Å². The van der Waals surface area contributed by atoms with Crippen molar-refractivity contribution in [1.29, 1.82) is 0 Å². The zero-order valence-electron chi connectivity index (χ0n) is 20.2. The first kappa shape index (κ1) is 26.5. The summed E-state index contributed by atoms with van der Waals surface area (Å²) in [6, 6.07) is 15.0. The third kappa shape index (κ3) is 6.60. The number of halogens is 1. The quantitative estimate of drug-likeness (QED) is 0.599. The van der Waals surface area contributed by atoms with Crippen LogP contribution in [0.5, 0.6) is 0 Å². The average molecular weight is 550 g/mol. The van der Waals surface area contributed by atoms with Crippen LogP contribution in [0.3, 0.4) is 0 Å². The van der Waals surface area contributed by atoms with Gasteiger partial charge in [-0.1, -0.05) is 59.8 Å². The van der Waals surface area contributed by atoms with Crippen molar-refractivity contribution in [3.63, 3.8) is 0 Å². The normalized spacial score (nSPS) is 22.8. The first-order chi connectivity index (χ1) is 16.9. The minimum atomic E-state index is -3.21. The van der Waals surface area contributed by atoms with E-state index in [-0.39, 0.29) is 29.2 Å². The topological polar surface area (TPSA) is 105 Å². The lowest BCUT2D eigenvalue weighted by molar-refractivity contribution is -0.119. The van der Waals surface area contributed by atoms with Gasteiger partial charge in [0.2, 0.25) is 0 Å². The Morgan fingerprint density at radius 3 is 2.56 bits per heavy atom. The number of sulfone groups is 1. The number of aliphatic imine (C=N–C) groups is 1. The van der Waals surface area contributed by atoms with Gasteiger partial charge in [-0.2, -0.15) is 4.99 Å².